The van der Waals surface area contributed by atoms with Gasteiger partial charge in [-0.1, -0.05) is 6.42 Å². The summed E-state index contributed by atoms with van der Waals surface area (Å²) in [6.45, 7) is 3.88. The van der Waals surface area contributed by atoms with Gasteiger partial charge in [0.15, 0.2) is 5.78 Å². The number of ether oxygens (including phenoxy) is 1. The molecule has 2 fully saturated rings. The topological polar surface area (TPSA) is 44.1 Å². The maximum Gasteiger partial charge on any atom is 0.163 e. The molecule has 1 aliphatic carbocycles. The standard InChI is InChI=1S/C21H28N2O2.ClH/c1-15-11-20-17(14-23(22-20)13-16-5-4-6-16)12-19(15)21(24)9-8-18-7-2-3-10-25-18;/h11-12,14,16,18H,2-10,13H2,1H3;1H. The third-order valence-electron chi connectivity index (χ3n) is 5.84. The van der Waals surface area contributed by atoms with Crippen LogP contribution in [0.4, 0.5) is 0 Å². The van der Waals surface area contributed by atoms with E-state index in [1.807, 2.05) is 13.0 Å². The molecule has 1 aromatic heterocycles. The zero-order valence-corrected chi connectivity index (χ0v) is 16.4. The van der Waals surface area contributed by atoms with E-state index in [4.69, 9.17) is 9.84 Å². The third-order valence-corrected chi connectivity index (χ3v) is 5.84. The normalized spacial score (nSPS) is 20.6. The number of Topliss-reactive ketones (excluding diaryl/α,β-unsaturated/α-hetero) is 1. The Balaban J connectivity index is 0.00000196. The van der Waals surface area contributed by atoms with Crippen LogP contribution in [0.1, 0.15) is 67.3 Å². The van der Waals surface area contributed by atoms with Gasteiger partial charge in [-0.2, -0.15) is 5.10 Å². The SMILES string of the molecule is Cc1cc2nn(CC3CCC3)cc2cc1C(=O)CCC1CCCCO1.Cl. The Hall–Kier alpha value is -1.39. The predicted octanol–water partition coefficient (Wildman–Crippen LogP) is 5.10. The molecule has 1 aliphatic heterocycles. The number of carbonyl (C=O) groups excluding carboxylic acids is 1. The van der Waals surface area contributed by atoms with E-state index < -0.39 is 0 Å². The molecule has 1 unspecified atom stereocenters. The van der Waals surface area contributed by atoms with Gasteiger partial charge in [0.1, 0.15) is 0 Å². The van der Waals surface area contributed by atoms with Crippen LogP contribution in [0, 0.1) is 12.8 Å². The fraction of sp³-hybridized carbons (Fsp3) is 0.619. The van der Waals surface area contributed by atoms with E-state index in [2.05, 4.69) is 16.9 Å². The molecule has 1 saturated heterocycles. The summed E-state index contributed by atoms with van der Waals surface area (Å²) in [6.07, 6.45) is 11.3. The number of hydrogen-bond acceptors (Lipinski definition) is 3. The smallest absolute Gasteiger partial charge is 0.163 e. The Bertz CT molecular complexity index is 761. The van der Waals surface area contributed by atoms with Crippen LogP contribution in [-0.4, -0.2) is 28.3 Å². The van der Waals surface area contributed by atoms with Crippen molar-refractivity contribution in [2.75, 3.05) is 6.61 Å². The van der Waals surface area contributed by atoms with E-state index in [1.165, 1.54) is 25.7 Å². The molecule has 2 aromatic rings. The van der Waals surface area contributed by atoms with Gasteiger partial charge in [0.05, 0.1) is 11.6 Å². The highest BCUT2D eigenvalue weighted by atomic mass is 35.5. The lowest BCUT2D eigenvalue weighted by Gasteiger charge is -2.24. The van der Waals surface area contributed by atoms with E-state index in [1.54, 1.807) is 0 Å². The molecule has 0 bridgehead atoms. The maximum absolute atomic E-state index is 12.7. The zero-order chi connectivity index (χ0) is 17.2. The van der Waals surface area contributed by atoms with Gasteiger partial charge in [-0.05, 0) is 69.1 Å². The summed E-state index contributed by atoms with van der Waals surface area (Å²) < 4.78 is 7.82. The lowest BCUT2D eigenvalue weighted by molar-refractivity contribution is 0.0104. The van der Waals surface area contributed by atoms with Crippen molar-refractivity contribution >= 4 is 29.1 Å². The van der Waals surface area contributed by atoms with Gasteiger partial charge >= 0.3 is 0 Å². The summed E-state index contributed by atoms with van der Waals surface area (Å²) >= 11 is 0. The summed E-state index contributed by atoms with van der Waals surface area (Å²) in [5.41, 5.74) is 2.89. The number of aryl methyl sites for hydroxylation is 1. The Morgan fingerprint density at radius 1 is 1.23 bits per heavy atom. The van der Waals surface area contributed by atoms with Gasteiger partial charge in [0.2, 0.25) is 0 Å². The number of halogens is 1. The van der Waals surface area contributed by atoms with Crippen LogP contribution < -0.4 is 0 Å². The third kappa shape index (κ3) is 4.29. The van der Waals surface area contributed by atoms with Crippen molar-refractivity contribution in [3.05, 3.63) is 29.5 Å². The van der Waals surface area contributed by atoms with Crippen molar-refractivity contribution in [1.29, 1.82) is 0 Å². The highest BCUT2D eigenvalue weighted by Gasteiger charge is 2.20. The molecule has 142 valence electrons. The molecule has 1 saturated carbocycles. The quantitative estimate of drug-likeness (QED) is 0.659. The molecule has 0 amide bonds. The number of fused-ring (bicyclic) bond motifs is 1. The molecule has 4 rings (SSSR count). The Morgan fingerprint density at radius 3 is 2.77 bits per heavy atom. The molecule has 26 heavy (non-hydrogen) atoms. The van der Waals surface area contributed by atoms with Crippen LogP contribution in [0.5, 0.6) is 0 Å². The first-order chi connectivity index (χ1) is 12.2. The van der Waals surface area contributed by atoms with E-state index in [9.17, 15) is 4.79 Å². The predicted molar refractivity (Wildman–Crippen MR) is 106 cm³/mol. The monoisotopic (exact) mass is 376 g/mol. The van der Waals surface area contributed by atoms with Crippen LogP contribution in [0.15, 0.2) is 18.3 Å². The van der Waals surface area contributed by atoms with Crippen molar-refractivity contribution in [3.8, 4) is 0 Å². The first-order valence-electron chi connectivity index (χ1n) is 9.81. The molecule has 2 aliphatic rings. The fourth-order valence-corrected chi connectivity index (χ4v) is 4.02. The van der Waals surface area contributed by atoms with Crippen molar-refractivity contribution < 1.29 is 9.53 Å². The van der Waals surface area contributed by atoms with E-state index in [0.717, 1.165) is 60.4 Å². The van der Waals surface area contributed by atoms with Crippen molar-refractivity contribution in [1.82, 2.24) is 9.78 Å². The van der Waals surface area contributed by atoms with Crippen molar-refractivity contribution in [3.63, 3.8) is 0 Å². The second-order valence-electron chi connectivity index (χ2n) is 7.82. The van der Waals surface area contributed by atoms with Crippen molar-refractivity contribution in [2.24, 2.45) is 5.92 Å². The van der Waals surface area contributed by atoms with Gasteiger partial charge in [0.25, 0.3) is 0 Å². The number of carbonyl (C=O) groups is 1. The first kappa shape index (κ1) is 19.4. The van der Waals surface area contributed by atoms with Crippen LogP contribution in [0.25, 0.3) is 10.9 Å². The molecule has 1 aromatic carbocycles. The summed E-state index contributed by atoms with van der Waals surface area (Å²) in [5.74, 6) is 1.02. The zero-order valence-electron chi connectivity index (χ0n) is 15.6. The first-order valence-corrected chi connectivity index (χ1v) is 9.81. The maximum atomic E-state index is 12.7. The lowest BCUT2D eigenvalue weighted by atomic mass is 9.85. The average molecular weight is 377 g/mol. The fourth-order valence-electron chi connectivity index (χ4n) is 4.02. The van der Waals surface area contributed by atoms with Gasteiger partial charge in [-0.25, -0.2) is 0 Å². The number of benzene rings is 1. The molecular formula is C21H29ClN2O2. The van der Waals surface area contributed by atoms with Crippen LogP contribution >= 0.6 is 12.4 Å². The van der Waals surface area contributed by atoms with Crippen LogP contribution in [-0.2, 0) is 11.3 Å². The molecule has 2 heterocycles. The highest BCUT2D eigenvalue weighted by Crippen LogP contribution is 2.29. The summed E-state index contributed by atoms with van der Waals surface area (Å²) in [4.78, 5) is 12.7. The second kappa shape index (κ2) is 8.53. The van der Waals surface area contributed by atoms with Crippen LogP contribution in [0.3, 0.4) is 0 Å². The Kier molecular flexibility index (Phi) is 6.36. The van der Waals surface area contributed by atoms with Gasteiger partial charge in [-0.15, -0.1) is 12.4 Å². The van der Waals surface area contributed by atoms with E-state index >= 15 is 0 Å². The molecule has 0 radical (unpaired) electrons. The Labute approximate surface area is 161 Å². The molecule has 0 N–H and O–H groups in total. The van der Waals surface area contributed by atoms with Gasteiger partial charge < -0.3 is 4.74 Å². The highest BCUT2D eigenvalue weighted by molar-refractivity contribution is 6.00. The molecule has 0 spiro atoms. The second-order valence-corrected chi connectivity index (χ2v) is 7.82. The van der Waals surface area contributed by atoms with Crippen molar-refractivity contribution in [2.45, 2.75) is 70.9 Å². The minimum absolute atomic E-state index is 0. The number of aromatic nitrogens is 2. The molecular weight excluding hydrogens is 348 g/mol. The average Bonchev–Trinajstić information content (AvgIpc) is 2.97. The van der Waals surface area contributed by atoms with E-state index in [-0.39, 0.29) is 24.3 Å². The number of ketones is 1. The number of rotatable bonds is 6. The Morgan fingerprint density at radius 2 is 2.08 bits per heavy atom. The number of nitrogens with zero attached hydrogens (tertiary/aromatic N) is 2. The summed E-state index contributed by atoms with van der Waals surface area (Å²) in [5, 5.41) is 5.79. The summed E-state index contributed by atoms with van der Waals surface area (Å²) in [6, 6.07) is 4.11. The van der Waals surface area contributed by atoms with Crippen LogP contribution in [0.2, 0.25) is 0 Å². The molecule has 5 heteroatoms. The van der Waals surface area contributed by atoms with Gasteiger partial charge in [-0.3, -0.25) is 9.48 Å². The number of hydrogen-bond donors (Lipinski definition) is 0. The van der Waals surface area contributed by atoms with E-state index in [0.29, 0.717) is 6.42 Å². The largest absolute Gasteiger partial charge is 0.378 e. The summed E-state index contributed by atoms with van der Waals surface area (Å²) in [7, 11) is 0. The minimum Gasteiger partial charge on any atom is -0.378 e. The minimum atomic E-state index is 0. The van der Waals surface area contributed by atoms with Gasteiger partial charge in [0, 0.05) is 36.7 Å². The molecule has 1 atom stereocenters. The lowest BCUT2D eigenvalue weighted by Crippen LogP contribution is -2.20. The molecule has 4 nitrogen and oxygen atoms in total.